The number of carbonyl (C=O) groups excluding carboxylic acids is 2. The Labute approximate surface area is 159 Å². The van der Waals surface area contributed by atoms with E-state index >= 15 is 0 Å². The number of nitrogens with zero attached hydrogens (tertiary/aromatic N) is 1. The van der Waals surface area contributed by atoms with Crippen molar-refractivity contribution in [2.45, 2.75) is 39.0 Å². The zero-order chi connectivity index (χ0) is 18.8. The molecule has 2 atom stereocenters. The quantitative estimate of drug-likeness (QED) is 0.870. The normalized spacial score (nSPS) is 22.2. The second-order valence-corrected chi connectivity index (χ2v) is 7.81. The Morgan fingerprint density at radius 1 is 1.11 bits per heavy atom. The highest BCUT2D eigenvalue weighted by Crippen LogP contribution is 2.36. The average Bonchev–Trinajstić information content (AvgIpc) is 3.24. The number of anilines is 1. The molecule has 2 fully saturated rings. The molecule has 5 nitrogen and oxygen atoms in total. The van der Waals surface area contributed by atoms with Gasteiger partial charge in [0.2, 0.25) is 0 Å². The molecule has 1 N–H and O–H groups in total. The first-order valence-corrected chi connectivity index (χ1v) is 9.86. The lowest BCUT2D eigenvalue weighted by atomic mass is 9.75. The summed E-state index contributed by atoms with van der Waals surface area (Å²) in [5, 5.41) is 2.85. The van der Waals surface area contributed by atoms with Crippen molar-refractivity contribution in [1.29, 1.82) is 0 Å². The minimum Gasteiger partial charge on any atom is -0.459 e. The second-order valence-electron chi connectivity index (χ2n) is 7.81. The Bertz CT molecular complexity index is 828. The van der Waals surface area contributed by atoms with E-state index in [4.69, 9.17) is 4.42 Å². The van der Waals surface area contributed by atoms with E-state index in [0.29, 0.717) is 17.2 Å². The molecule has 0 radical (unpaired) electrons. The number of furan rings is 1. The first kappa shape index (κ1) is 17.8. The van der Waals surface area contributed by atoms with Gasteiger partial charge in [-0.05, 0) is 61.4 Å². The summed E-state index contributed by atoms with van der Waals surface area (Å²) in [6, 6.07) is 8.82. The van der Waals surface area contributed by atoms with Crippen molar-refractivity contribution in [3.05, 3.63) is 53.5 Å². The number of aryl methyl sites for hydroxylation is 1. The molecule has 1 aromatic carbocycles. The predicted molar refractivity (Wildman–Crippen MR) is 104 cm³/mol. The van der Waals surface area contributed by atoms with Crippen LogP contribution in [0.1, 0.15) is 58.6 Å². The fraction of sp³-hybridized carbons (Fsp3) is 0.455. The van der Waals surface area contributed by atoms with Crippen molar-refractivity contribution in [1.82, 2.24) is 4.90 Å². The van der Waals surface area contributed by atoms with Crippen molar-refractivity contribution < 1.29 is 14.0 Å². The standard InChI is InChI=1S/C22H26N2O3/c1-15-8-9-17(13-19(15)23-21(25)20-7-4-12-27-20)22(26)24-11-10-16-5-2-3-6-18(16)14-24/h4,7-9,12-13,16,18H,2-3,5-6,10-11,14H2,1H3,(H,23,25)/t16-,18+/m0/s1. The van der Waals surface area contributed by atoms with Crippen LogP contribution in [0.5, 0.6) is 0 Å². The number of fused-ring (bicyclic) bond motifs is 1. The van der Waals surface area contributed by atoms with Crippen LogP contribution < -0.4 is 5.32 Å². The molecule has 1 aliphatic heterocycles. The van der Waals surface area contributed by atoms with E-state index in [1.807, 2.05) is 24.0 Å². The van der Waals surface area contributed by atoms with E-state index in [-0.39, 0.29) is 17.6 Å². The summed E-state index contributed by atoms with van der Waals surface area (Å²) < 4.78 is 5.14. The minimum atomic E-state index is -0.310. The number of amides is 2. The van der Waals surface area contributed by atoms with E-state index in [0.717, 1.165) is 31.0 Å². The molecule has 0 spiro atoms. The van der Waals surface area contributed by atoms with Crippen LogP contribution in [-0.4, -0.2) is 29.8 Å². The molecule has 2 amide bonds. The van der Waals surface area contributed by atoms with Gasteiger partial charge >= 0.3 is 0 Å². The number of hydrogen-bond acceptors (Lipinski definition) is 3. The first-order chi connectivity index (χ1) is 13.1. The topological polar surface area (TPSA) is 62.6 Å². The summed E-state index contributed by atoms with van der Waals surface area (Å²) in [5.74, 6) is 1.46. The summed E-state index contributed by atoms with van der Waals surface area (Å²) in [6.45, 7) is 3.62. The average molecular weight is 366 g/mol. The van der Waals surface area contributed by atoms with Crippen molar-refractivity contribution in [2.24, 2.45) is 11.8 Å². The van der Waals surface area contributed by atoms with Gasteiger partial charge in [0.15, 0.2) is 5.76 Å². The summed E-state index contributed by atoms with van der Waals surface area (Å²) in [4.78, 5) is 27.3. The summed E-state index contributed by atoms with van der Waals surface area (Å²) in [7, 11) is 0. The second kappa shape index (κ2) is 7.59. The molecule has 1 aliphatic carbocycles. The van der Waals surface area contributed by atoms with Crippen LogP contribution in [-0.2, 0) is 0 Å². The summed E-state index contributed by atoms with van der Waals surface area (Å²) >= 11 is 0. The number of piperidine rings is 1. The third kappa shape index (κ3) is 3.77. The van der Waals surface area contributed by atoms with Crippen LogP contribution >= 0.6 is 0 Å². The molecule has 1 saturated heterocycles. The summed E-state index contributed by atoms with van der Waals surface area (Å²) in [5.41, 5.74) is 2.19. The van der Waals surface area contributed by atoms with E-state index in [9.17, 15) is 9.59 Å². The van der Waals surface area contributed by atoms with Crippen molar-refractivity contribution in [3.63, 3.8) is 0 Å². The van der Waals surface area contributed by atoms with Crippen LogP contribution in [0.2, 0.25) is 0 Å². The number of carbonyl (C=O) groups is 2. The van der Waals surface area contributed by atoms with Gasteiger partial charge in [0.1, 0.15) is 0 Å². The van der Waals surface area contributed by atoms with Crippen LogP contribution in [0.25, 0.3) is 0 Å². The van der Waals surface area contributed by atoms with E-state index in [1.165, 1.54) is 31.9 Å². The highest BCUT2D eigenvalue weighted by Gasteiger charge is 2.33. The molecule has 142 valence electrons. The Morgan fingerprint density at radius 3 is 2.70 bits per heavy atom. The Morgan fingerprint density at radius 2 is 1.93 bits per heavy atom. The van der Waals surface area contributed by atoms with E-state index < -0.39 is 0 Å². The summed E-state index contributed by atoms with van der Waals surface area (Å²) in [6.07, 6.45) is 7.77. The zero-order valence-electron chi connectivity index (χ0n) is 15.7. The molecular weight excluding hydrogens is 340 g/mol. The molecule has 27 heavy (non-hydrogen) atoms. The maximum atomic E-state index is 13.0. The number of rotatable bonds is 3. The molecule has 5 heteroatoms. The highest BCUT2D eigenvalue weighted by molar-refractivity contribution is 6.03. The van der Waals surface area contributed by atoms with Crippen molar-refractivity contribution in [3.8, 4) is 0 Å². The Kier molecular flexibility index (Phi) is 5.01. The fourth-order valence-electron chi connectivity index (χ4n) is 4.45. The number of benzene rings is 1. The van der Waals surface area contributed by atoms with Crippen molar-refractivity contribution >= 4 is 17.5 Å². The monoisotopic (exact) mass is 366 g/mol. The molecule has 4 rings (SSSR count). The molecule has 0 unspecified atom stereocenters. The van der Waals surface area contributed by atoms with Crippen molar-refractivity contribution in [2.75, 3.05) is 18.4 Å². The molecule has 2 aromatic rings. The molecular formula is C22H26N2O3. The molecule has 2 heterocycles. The van der Waals surface area contributed by atoms with Gasteiger partial charge in [-0.3, -0.25) is 9.59 Å². The highest BCUT2D eigenvalue weighted by atomic mass is 16.3. The van der Waals surface area contributed by atoms with Gasteiger partial charge in [-0.2, -0.15) is 0 Å². The number of nitrogens with one attached hydrogen (secondary N) is 1. The lowest BCUT2D eigenvalue weighted by Crippen LogP contribution is -2.44. The first-order valence-electron chi connectivity index (χ1n) is 9.86. The molecule has 1 saturated carbocycles. The lowest BCUT2D eigenvalue weighted by Gasteiger charge is -2.41. The fourth-order valence-corrected chi connectivity index (χ4v) is 4.45. The maximum Gasteiger partial charge on any atom is 0.291 e. The van der Waals surface area contributed by atoms with Crippen LogP contribution in [0.4, 0.5) is 5.69 Å². The van der Waals surface area contributed by atoms with Gasteiger partial charge in [0.25, 0.3) is 11.8 Å². The van der Waals surface area contributed by atoms with Gasteiger partial charge < -0.3 is 14.6 Å². The van der Waals surface area contributed by atoms with E-state index in [1.54, 1.807) is 18.2 Å². The minimum absolute atomic E-state index is 0.0625. The Balaban J connectivity index is 1.48. The molecule has 0 bridgehead atoms. The van der Waals surface area contributed by atoms with Crippen LogP contribution in [0, 0.1) is 18.8 Å². The number of hydrogen-bond donors (Lipinski definition) is 1. The molecule has 1 aromatic heterocycles. The Hall–Kier alpha value is -2.56. The van der Waals surface area contributed by atoms with Crippen LogP contribution in [0.15, 0.2) is 41.0 Å². The van der Waals surface area contributed by atoms with Crippen LogP contribution in [0.3, 0.4) is 0 Å². The SMILES string of the molecule is Cc1ccc(C(=O)N2CC[C@@H]3CCCC[C@@H]3C2)cc1NC(=O)c1ccco1. The van der Waals surface area contributed by atoms with Gasteiger partial charge in [-0.15, -0.1) is 0 Å². The lowest BCUT2D eigenvalue weighted by molar-refractivity contribution is 0.0521. The van der Waals surface area contributed by atoms with Gasteiger partial charge in [-0.25, -0.2) is 0 Å². The smallest absolute Gasteiger partial charge is 0.291 e. The van der Waals surface area contributed by atoms with E-state index in [2.05, 4.69) is 5.32 Å². The van der Waals surface area contributed by atoms with Gasteiger partial charge in [-0.1, -0.05) is 25.3 Å². The molecule has 2 aliphatic rings. The van der Waals surface area contributed by atoms with Gasteiger partial charge in [0.05, 0.1) is 6.26 Å². The third-order valence-corrected chi connectivity index (χ3v) is 6.06. The predicted octanol–water partition coefficient (Wildman–Crippen LogP) is 4.49. The maximum absolute atomic E-state index is 13.0. The number of likely N-dealkylation sites (tertiary alicyclic amines) is 1. The van der Waals surface area contributed by atoms with Gasteiger partial charge in [0, 0.05) is 24.3 Å². The zero-order valence-corrected chi connectivity index (χ0v) is 15.7. The third-order valence-electron chi connectivity index (χ3n) is 6.06. The largest absolute Gasteiger partial charge is 0.459 e.